The number of rotatable bonds is 4. The van der Waals surface area contributed by atoms with E-state index in [0.29, 0.717) is 23.6 Å². The Kier molecular flexibility index (Phi) is 3.64. The van der Waals surface area contributed by atoms with Gasteiger partial charge in [-0.3, -0.25) is 0 Å². The lowest BCUT2D eigenvalue weighted by molar-refractivity contribution is 0.424. The molecule has 104 valence electrons. The van der Waals surface area contributed by atoms with E-state index >= 15 is 0 Å². The molecule has 1 atom stereocenters. The zero-order valence-electron chi connectivity index (χ0n) is 11.4. The highest BCUT2D eigenvalue weighted by atomic mass is 19.1. The molecule has 5 heteroatoms. The number of hydrogen-bond acceptors (Lipinski definition) is 4. The van der Waals surface area contributed by atoms with Crippen LogP contribution >= 0.6 is 0 Å². The van der Waals surface area contributed by atoms with Crippen LogP contribution in [0.15, 0.2) is 6.33 Å². The van der Waals surface area contributed by atoms with Crippen molar-refractivity contribution in [1.82, 2.24) is 15.3 Å². The van der Waals surface area contributed by atoms with Gasteiger partial charge in [-0.05, 0) is 39.0 Å². The zero-order valence-corrected chi connectivity index (χ0v) is 11.4. The van der Waals surface area contributed by atoms with Gasteiger partial charge in [-0.2, -0.15) is 0 Å². The van der Waals surface area contributed by atoms with E-state index in [1.165, 1.54) is 25.6 Å². The number of nitrogens with zero attached hydrogens (tertiary/aromatic N) is 3. The molecule has 4 nitrogen and oxygen atoms in total. The molecule has 3 rings (SSSR count). The maximum atomic E-state index is 14.2. The molecule has 1 saturated carbocycles. The number of aromatic nitrogens is 2. The summed E-state index contributed by atoms with van der Waals surface area (Å²) in [6.07, 6.45) is 7.49. The van der Waals surface area contributed by atoms with E-state index in [9.17, 15) is 4.39 Å². The van der Waals surface area contributed by atoms with Crippen molar-refractivity contribution >= 4 is 5.82 Å². The Balaban J connectivity index is 1.76. The minimum Gasteiger partial charge on any atom is -0.350 e. The van der Waals surface area contributed by atoms with Gasteiger partial charge in [-0.15, -0.1) is 0 Å². The fourth-order valence-electron chi connectivity index (χ4n) is 2.73. The van der Waals surface area contributed by atoms with Crippen molar-refractivity contribution in [2.75, 3.05) is 18.0 Å². The van der Waals surface area contributed by atoms with Gasteiger partial charge in [0, 0.05) is 25.2 Å². The molecule has 1 N–H and O–H groups in total. The topological polar surface area (TPSA) is 41.1 Å². The molecule has 1 aromatic heterocycles. The summed E-state index contributed by atoms with van der Waals surface area (Å²) in [6, 6.07) is 1.05. The van der Waals surface area contributed by atoms with Crippen LogP contribution < -0.4 is 10.2 Å². The largest absolute Gasteiger partial charge is 0.350 e. The van der Waals surface area contributed by atoms with Crippen molar-refractivity contribution in [1.29, 1.82) is 0 Å². The molecular weight excluding hydrogens is 243 g/mol. The predicted molar refractivity (Wildman–Crippen MR) is 72.7 cm³/mol. The van der Waals surface area contributed by atoms with Gasteiger partial charge in [0.1, 0.15) is 6.33 Å². The Morgan fingerprint density at radius 1 is 1.32 bits per heavy atom. The quantitative estimate of drug-likeness (QED) is 0.903. The average molecular weight is 264 g/mol. The van der Waals surface area contributed by atoms with Gasteiger partial charge in [-0.1, -0.05) is 0 Å². The van der Waals surface area contributed by atoms with Crippen molar-refractivity contribution in [2.24, 2.45) is 0 Å². The molecule has 1 saturated heterocycles. The van der Waals surface area contributed by atoms with E-state index in [1.54, 1.807) is 6.92 Å². The Bertz CT molecular complexity index is 447. The standard InChI is InChI=1S/C14H21FN4/c1-10-13(15)14(18-9-17-10)19-7-3-2-4-12(19)8-16-11-5-6-11/h9,11-12,16H,2-8H2,1H3. The molecule has 0 radical (unpaired) electrons. The summed E-state index contributed by atoms with van der Waals surface area (Å²) in [4.78, 5) is 10.2. The molecule has 2 heterocycles. The fourth-order valence-corrected chi connectivity index (χ4v) is 2.73. The second kappa shape index (κ2) is 5.41. The van der Waals surface area contributed by atoms with Gasteiger partial charge in [0.2, 0.25) is 0 Å². The van der Waals surface area contributed by atoms with Crippen molar-refractivity contribution < 1.29 is 4.39 Å². The normalized spacial score (nSPS) is 23.7. The van der Waals surface area contributed by atoms with Gasteiger partial charge in [0.25, 0.3) is 0 Å². The van der Waals surface area contributed by atoms with E-state index in [0.717, 1.165) is 25.9 Å². The average Bonchev–Trinajstić information content (AvgIpc) is 3.24. The first-order valence-electron chi connectivity index (χ1n) is 7.23. The van der Waals surface area contributed by atoms with Crippen molar-refractivity contribution in [2.45, 2.75) is 51.1 Å². The van der Waals surface area contributed by atoms with E-state index in [4.69, 9.17) is 0 Å². The van der Waals surface area contributed by atoms with Crippen LogP contribution in [-0.2, 0) is 0 Å². The summed E-state index contributed by atoms with van der Waals surface area (Å²) in [6.45, 7) is 3.53. The summed E-state index contributed by atoms with van der Waals surface area (Å²) in [5, 5.41) is 3.55. The minimum absolute atomic E-state index is 0.263. The third-order valence-corrected chi connectivity index (χ3v) is 4.06. The fraction of sp³-hybridized carbons (Fsp3) is 0.714. The summed E-state index contributed by atoms with van der Waals surface area (Å²) in [5.41, 5.74) is 0.435. The number of halogens is 1. The first kappa shape index (κ1) is 12.8. The second-order valence-corrected chi connectivity index (χ2v) is 5.62. The predicted octanol–water partition coefficient (Wildman–Crippen LogP) is 2.04. The van der Waals surface area contributed by atoms with Crippen LogP contribution in [0.2, 0.25) is 0 Å². The zero-order chi connectivity index (χ0) is 13.2. The van der Waals surface area contributed by atoms with Gasteiger partial charge < -0.3 is 10.2 Å². The summed E-state index contributed by atoms with van der Waals surface area (Å²) >= 11 is 0. The minimum atomic E-state index is -0.263. The number of hydrogen-bond donors (Lipinski definition) is 1. The maximum Gasteiger partial charge on any atom is 0.186 e. The molecule has 1 aliphatic heterocycles. The number of anilines is 1. The van der Waals surface area contributed by atoms with Crippen LogP contribution in [0.5, 0.6) is 0 Å². The number of piperidine rings is 1. The summed E-state index contributed by atoms with van der Waals surface area (Å²) in [5.74, 6) is 0.218. The molecule has 1 aliphatic carbocycles. The lowest BCUT2D eigenvalue weighted by Gasteiger charge is -2.37. The van der Waals surface area contributed by atoms with Crippen molar-refractivity contribution in [3.8, 4) is 0 Å². The van der Waals surface area contributed by atoms with Gasteiger partial charge >= 0.3 is 0 Å². The third kappa shape index (κ3) is 2.86. The Hall–Kier alpha value is -1.23. The van der Waals surface area contributed by atoms with Crippen LogP contribution in [0.4, 0.5) is 10.2 Å². The van der Waals surface area contributed by atoms with Gasteiger partial charge in [0.05, 0.1) is 5.69 Å². The lowest BCUT2D eigenvalue weighted by Crippen LogP contribution is -2.47. The number of aryl methyl sites for hydroxylation is 1. The molecule has 1 aromatic rings. The molecule has 0 spiro atoms. The lowest BCUT2D eigenvalue weighted by atomic mass is 10.0. The van der Waals surface area contributed by atoms with Crippen LogP contribution in [0, 0.1) is 12.7 Å². The molecule has 0 aromatic carbocycles. The van der Waals surface area contributed by atoms with E-state index in [-0.39, 0.29) is 5.82 Å². The maximum absolute atomic E-state index is 14.2. The molecule has 2 aliphatic rings. The van der Waals surface area contributed by atoms with Crippen LogP contribution in [0.1, 0.15) is 37.8 Å². The first-order valence-corrected chi connectivity index (χ1v) is 7.23. The summed E-state index contributed by atoms with van der Waals surface area (Å²) in [7, 11) is 0. The van der Waals surface area contributed by atoms with Crippen molar-refractivity contribution in [3.05, 3.63) is 17.8 Å². The highest BCUT2D eigenvalue weighted by molar-refractivity contribution is 5.42. The van der Waals surface area contributed by atoms with Crippen LogP contribution in [0.3, 0.4) is 0 Å². The van der Waals surface area contributed by atoms with E-state index in [2.05, 4.69) is 20.2 Å². The smallest absolute Gasteiger partial charge is 0.186 e. The molecule has 19 heavy (non-hydrogen) atoms. The first-order chi connectivity index (χ1) is 9.25. The highest BCUT2D eigenvalue weighted by Crippen LogP contribution is 2.26. The van der Waals surface area contributed by atoms with Gasteiger partial charge in [-0.25, -0.2) is 14.4 Å². The molecule has 0 amide bonds. The molecule has 2 fully saturated rings. The van der Waals surface area contributed by atoms with Crippen LogP contribution in [-0.4, -0.2) is 35.1 Å². The SMILES string of the molecule is Cc1ncnc(N2CCCCC2CNC2CC2)c1F. The van der Waals surface area contributed by atoms with E-state index in [1.807, 2.05) is 0 Å². The van der Waals surface area contributed by atoms with Crippen LogP contribution in [0.25, 0.3) is 0 Å². The Labute approximate surface area is 113 Å². The highest BCUT2D eigenvalue weighted by Gasteiger charge is 2.28. The van der Waals surface area contributed by atoms with E-state index < -0.39 is 0 Å². The van der Waals surface area contributed by atoms with Crippen molar-refractivity contribution in [3.63, 3.8) is 0 Å². The third-order valence-electron chi connectivity index (χ3n) is 4.06. The Morgan fingerprint density at radius 2 is 2.16 bits per heavy atom. The second-order valence-electron chi connectivity index (χ2n) is 5.62. The molecular formula is C14H21FN4. The van der Waals surface area contributed by atoms with Gasteiger partial charge in [0.15, 0.2) is 11.6 Å². The Morgan fingerprint density at radius 3 is 2.95 bits per heavy atom. The monoisotopic (exact) mass is 264 g/mol. The molecule has 0 bridgehead atoms. The molecule has 1 unspecified atom stereocenters. The number of nitrogens with one attached hydrogen (secondary N) is 1. The summed E-state index contributed by atoms with van der Waals surface area (Å²) < 4.78 is 14.2.